The third kappa shape index (κ3) is 2.21. The Morgan fingerprint density at radius 3 is 3.11 bits per heavy atom. The second kappa shape index (κ2) is 5.01. The molecule has 0 bridgehead atoms. The van der Waals surface area contributed by atoms with Gasteiger partial charge in [0.05, 0.1) is 31.0 Å². The van der Waals surface area contributed by atoms with E-state index in [-0.39, 0.29) is 11.9 Å². The maximum atomic E-state index is 14.0. The Bertz CT molecular complexity index is 576. The average Bonchev–Trinajstić information content (AvgIpc) is 3.09. The Morgan fingerprint density at radius 2 is 2.37 bits per heavy atom. The van der Waals surface area contributed by atoms with Gasteiger partial charge in [0.25, 0.3) is 0 Å². The van der Waals surface area contributed by atoms with Gasteiger partial charge in [0.15, 0.2) is 0 Å². The molecule has 1 unspecified atom stereocenters. The van der Waals surface area contributed by atoms with E-state index in [0.717, 1.165) is 25.1 Å². The highest BCUT2D eigenvalue weighted by Gasteiger charge is 2.21. The Kier molecular flexibility index (Phi) is 3.21. The van der Waals surface area contributed by atoms with E-state index in [2.05, 4.69) is 10.3 Å². The first-order valence-electron chi connectivity index (χ1n) is 6.39. The standard InChI is InChI=1S/C14H16FN3O/c1-19-10-4-5-11(15)13(7-10)18-9-16-8-14(18)12-3-2-6-17-12/h4-5,7-9,12,17H,2-3,6H2,1H3. The first kappa shape index (κ1) is 12.2. The molecule has 0 spiro atoms. The molecule has 5 heteroatoms. The molecule has 1 aromatic heterocycles. The molecule has 1 aliphatic rings. The summed E-state index contributed by atoms with van der Waals surface area (Å²) in [5, 5.41) is 3.40. The van der Waals surface area contributed by atoms with Crippen molar-refractivity contribution >= 4 is 0 Å². The number of benzene rings is 1. The fraction of sp³-hybridized carbons (Fsp3) is 0.357. The molecule has 0 saturated carbocycles. The number of aromatic nitrogens is 2. The number of imidazole rings is 1. The molecule has 1 fully saturated rings. The summed E-state index contributed by atoms with van der Waals surface area (Å²) in [4.78, 5) is 4.16. The van der Waals surface area contributed by atoms with Crippen LogP contribution in [0.25, 0.3) is 5.69 Å². The molecular weight excluding hydrogens is 245 g/mol. The van der Waals surface area contributed by atoms with Gasteiger partial charge in [0.1, 0.15) is 11.6 Å². The smallest absolute Gasteiger partial charge is 0.147 e. The van der Waals surface area contributed by atoms with Crippen LogP contribution in [-0.4, -0.2) is 23.2 Å². The van der Waals surface area contributed by atoms with Crippen molar-refractivity contribution in [3.8, 4) is 11.4 Å². The lowest BCUT2D eigenvalue weighted by atomic mass is 10.1. The number of hydrogen-bond acceptors (Lipinski definition) is 3. The van der Waals surface area contributed by atoms with Crippen molar-refractivity contribution in [3.05, 3.63) is 42.2 Å². The highest BCUT2D eigenvalue weighted by Crippen LogP contribution is 2.27. The predicted molar refractivity (Wildman–Crippen MR) is 70.1 cm³/mol. The molecule has 2 aromatic rings. The van der Waals surface area contributed by atoms with Gasteiger partial charge in [0.2, 0.25) is 0 Å². The van der Waals surface area contributed by atoms with Crippen molar-refractivity contribution < 1.29 is 9.13 Å². The van der Waals surface area contributed by atoms with E-state index in [4.69, 9.17) is 4.74 Å². The number of ether oxygens (including phenoxy) is 1. The molecule has 100 valence electrons. The SMILES string of the molecule is COc1ccc(F)c(-n2cncc2C2CCCN2)c1. The third-order valence-electron chi connectivity index (χ3n) is 3.50. The molecule has 2 heterocycles. The minimum absolute atomic E-state index is 0.244. The molecule has 3 rings (SSSR count). The second-order valence-electron chi connectivity index (χ2n) is 4.65. The Hall–Kier alpha value is -1.88. The topological polar surface area (TPSA) is 39.1 Å². The molecule has 1 saturated heterocycles. The van der Waals surface area contributed by atoms with E-state index < -0.39 is 0 Å². The second-order valence-corrected chi connectivity index (χ2v) is 4.65. The number of hydrogen-bond donors (Lipinski definition) is 1. The molecule has 1 aliphatic heterocycles. The Morgan fingerprint density at radius 1 is 1.47 bits per heavy atom. The zero-order chi connectivity index (χ0) is 13.2. The normalized spacial score (nSPS) is 18.7. The molecule has 0 amide bonds. The van der Waals surface area contributed by atoms with Crippen LogP contribution < -0.4 is 10.1 Å². The number of rotatable bonds is 3. The predicted octanol–water partition coefficient (Wildman–Crippen LogP) is 2.44. The van der Waals surface area contributed by atoms with Crippen molar-refractivity contribution in [3.63, 3.8) is 0 Å². The fourth-order valence-electron chi connectivity index (χ4n) is 2.51. The minimum atomic E-state index is -0.280. The van der Waals surface area contributed by atoms with Crippen LogP contribution in [0.5, 0.6) is 5.75 Å². The monoisotopic (exact) mass is 261 g/mol. The number of halogens is 1. The quantitative estimate of drug-likeness (QED) is 0.922. The van der Waals surface area contributed by atoms with E-state index in [9.17, 15) is 4.39 Å². The van der Waals surface area contributed by atoms with Crippen LogP contribution in [0.4, 0.5) is 4.39 Å². The molecule has 0 aliphatic carbocycles. The van der Waals surface area contributed by atoms with Crippen molar-refractivity contribution in [2.45, 2.75) is 18.9 Å². The maximum absolute atomic E-state index is 14.0. The van der Waals surface area contributed by atoms with Crippen molar-refractivity contribution in [2.24, 2.45) is 0 Å². The highest BCUT2D eigenvalue weighted by molar-refractivity contribution is 5.42. The van der Waals surface area contributed by atoms with Gasteiger partial charge in [-0.25, -0.2) is 9.37 Å². The summed E-state index contributed by atoms with van der Waals surface area (Å²) in [6, 6.07) is 4.96. The van der Waals surface area contributed by atoms with Crippen LogP contribution >= 0.6 is 0 Å². The van der Waals surface area contributed by atoms with Crippen LogP contribution in [0.1, 0.15) is 24.6 Å². The first-order valence-corrected chi connectivity index (χ1v) is 6.39. The maximum Gasteiger partial charge on any atom is 0.147 e. The summed E-state index contributed by atoms with van der Waals surface area (Å²) < 4.78 is 21.0. The van der Waals surface area contributed by atoms with E-state index in [0.29, 0.717) is 11.4 Å². The van der Waals surface area contributed by atoms with Crippen molar-refractivity contribution in [2.75, 3.05) is 13.7 Å². The lowest BCUT2D eigenvalue weighted by Crippen LogP contribution is -2.16. The summed E-state index contributed by atoms with van der Waals surface area (Å²) in [5.74, 6) is 0.355. The minimum Gasteiger partial charge on any atom is -0.497 e. The van der Waals surface area contributed by atoms with Gasteiger partial charge in [-0.1, -0.05) is 0 Å². The van der Waals surface area contributed by atoms with E-state index in [1.54, 1.807) is 36.3 Å². The van der Waals surface area contributed by atoms with Gasteiger partial charge in [-0.05, 0) is 31.5 Å². The van der Waals surface area contributed by atoms with Crippen LogP contribution in [0.3, 0.4) is 0 Å². The Labute approximate surface area is 111 Å². The molecular formula is C14H16FN3O. The van der Waals surface area contributed by atoms with Gasteiger partial charge >= 0.3 is 0 Å². The van der Waals surface area contributed by atoms with Crippen LogP contribution in [0, 0.1) is 5.82 Å². The van der Waals surface area contributed by atoms with E-state index in [1.165, 1.54) is 6.07 Å². The summed E-state index contributed by atoms with van der Waals surface area (Å²) in [5.41, 5.74) is 1.46. The van der Waals surface area contributed by atoms with Crippen LogP contribution in [-0.2, 0) is 0 Å². The van der Waals surface area contributed by atoms with E-state index in [1.807, 2.05) is 0 Å². The number of nitrogens with zero attached hydrogens (tertiary/aromatic N) is 2. The van der Waals surface area contributed by atoms with Crippen molar-refractivity contribution in [1.29, 1.82) is 0 Å². The summed E-state index contributed by atoms with van der Waals surface area (Å²) in [6.07, 6.45) is 5.63. The average molecular weight is 261 g/mol. The molecule has 1 aromatic carbocycles. The van der Waals surface area contributed by atoms with Crippen LogP contribution in [0.15, 0.2) is 30.7 Å². The molecule has 1 N–H and O–H groups in total. The molecule has 4 nitrogen and oxygen atoms in total. The highest BCUT2D eigenvalue weighted by atomic mass is 19.1. The zero-order valence-corrected chi connectivity index (χ0v) is 10.8. The van der Waals surface area contributed by atoms with Crippen LogP contribution in [0.2, 0.25) is 0 Å². The van der Waals surface area contributed by atoms with Gasteiger partial charge in [0, 0.05) is 12.1 Å². The molecule has 19 heavy (non-hydrogen) atoms. The summed E-state index contributed by atoms with van der Waals surface area (Å²) in [7, 11) is 1.57. The zero-order valence-electron chi connectivity index (χ0n) is 10.8. The van der Waals surface area contributed by atoms with E-state index >= 15 is 0 Å². The number of nitrogens with one attached hydrogen (secondary N) is 1. The van der Waals surface area contributed by atoms with Crippen molar-refractivity contribution in [1.82, 2.24) is 14.9 Å². The largest absolute Gasteiger partial charge is 0.497 e. The lowest BCUT2D eigenvalue weighted by molar-refractivity contribution is 0.413. The van der Waals surface area contributed by atoms with Gasteiger partial charge in [-0.3, -0.25) is 4.57 Å². The molecule has 1 atom stereocenters. The lowest BCUT2D eigenvalue weighted by Gasteiger charge is -2.15. The van der Waals surface area contributed by atoms with Gasteiger partial charge in [-0.15, -0.1) is 0 Å². The number of methoxy groups -OCH3 is 1. The molecule has 0 radical (unpaired) electrons. The summed E-state index contributed by atoms with van der Waals surface area (Å²) in [6.45, 7) is 0.996. The first-order chi connectivity index (χ1) is 9.29. The summed E-state index contributed by atoms with van der Waals surface area (Å²) >= 11 is 0. The van der Waals surface area contributed by atoms with Gasteiger partial charge in [-0.2, -0.15) is 0 Å². The third-order valence-corrected chi connectivity index (χ3v) is 3.50. The Balaban J connectivity index is 2.04. The van der Waals surface area contributed by atoms with Gasteiger partial charge < -0.3 is 10.1 Å². The fourth-order valence-corrected chi connectivity index (χ4v) is 2.51.